The van der Waals surface area contributed by atoms with Crippen LogP contribution in [-0.4, -0.2) is 31.3 Å². The molecular formula is C18H18N4OS. The number of hydrogen-bond acceptors (Lipinski definition) is 5. The number of ketones is 1. The molecule has 0 N–H and O–H groups in total. The number of pyridine rings is 1. The minimum atomic E-state index is 0.109. The van der Waals surface area contributed by atoms with Gasteiger partial charge in [-0.25, -0.2) is 0 Å². The Kier molecular flexibility index (Phi) is 4.76. The van der Waals surface area contributed by atoms with Gasteiger partial charge in [0, 0.05) is 18.0 Å². The number of thioether (sulfide) groups is 1. The van der Waals surface area contributed by atoms with Gasteiger partial charge in [0.1, 0.15) is 5.78 Å². The first-order valence-electron chi connectivity index (χ1n) is 7.62. The van der Waals surface area contributed by atoms with Crippen LogP contribution >= 0.6 is 11.8 Å². The molecule has 0 fully saturated rings. The summed E-state index contributed by atoms with van der Waals surface area (Å²) in [5.74, 6) is 1.20. The highest BCUT2D eigenvalue weighted by Gasteiger charge is 2.18. The minimum Gasteiger partial charge on any atom is -0.299 e. The van der Waals surface area contributed by atoms with Crippen LogP contribution in [0, 0.1) is 13.8 Å². The maximum absolute atomic E-state index is 11.4. The molecule has 2 aromatic heterocycles. The van der Waals surface area contributed by atoms with E-state index >= 15 is 0 Å². The van der Waals surface area contributed by atoms with Crippen molar-refractivity contribution in [2.45, 2.75) is 25.9 Å². The maximum Gasteiger partial charge on any atom is 0.196 e. The van der Waals surface area contributed by atoms with E-state index in [9.17, 15) is 4.79 Å². The third-order valence-corrected chi connectivity index (χ3v) is 4.62. The number of benzene rings is 1. The van der Waals surface area contributed by atoms with Crippen molar-refractivity contribution in [3.8, 4) is 17.1 Å². The van der Waals surface area contributed by atoms with Gasteiger partial charge < -0.3 is 0 Å². The molecule has 0 saturated heterocycles. The molecule has 0 unspecified atom stereocenters. The number of hydrogen-bond donors (Lipinski definition) is 0. The summed E-state index contributed by atoms with van der Waals surface area (Å²) < 4.78 is 2.00. The highest BCUT2D eigenvalue weighted by atomic mass is 32.2. The van der Waals surface area contributed by atoms with Gasteiger partial charge in [-0.15, -0.1) is 10.2 Å². The Bertz CT molecular complexity index is 874. The molecule has 3 rings (SSSR count). The third-order valence-electron chi connectivity index (χ3n) is 3.55. The molecule has 0 saturated carbocycles. The van der Waals surface area contributed by atoms with Gasteiger partial charge in [0.2, 0.25) is 0 Å². The van der Waals surface area contributed by atoms with Crippen LogP contribution in [0.25, 0.3) is 17.1 Å². The van der Waals surface area contributed by atoms with E-state index in [0.717, 1.165) is 22.6 Å². The van der Waals surface area contributed by atoms with Gasteiger partial charge in [-0.1, -0.05) is 29.5 Å². The van der Waals surface area contributed by atoms with Gasteiger partial charge in [0.05, 0.1) is 11.4 Å². The maximum atomic E-state index is 11.4. The fourth-order valence-electron chi connectivity index (χ4n) is 2.49. The fourth-order valence-corrected chi connectivity index (χ4v) is 3.23. The number of aryl methyl sites for hydroxylation is 2. The Morgan fingerprint density at radius 2 is 2.04 bits per heavy atom. The fraction of sp³-hybridized carbons (Fsp3) is 0.222. The Morgan fingerprint density at radius 1 is 1.21 bits per heavy atom. The standard InChI is InChI=1S/C18H18N4OS/c1-12-6-7-16(13(2)9-12)22-17(15-5-4-8-19-10-15)20-21-18(22)24-11-14(3)23/h4-10H,11H2,1-3H3. The molecule has 0 aliphatic heterocycles. The number of carbonyl (C=O) groups is 1. The zero-order valence-corrected chi connectivity index (χ0v) is 14.7. The van der Waals surface area contributed by atoms with E-state index in [2.05, 4.69) is 47.2 Å². The van der Waals surface area contributed by atoms with Crippen molar-refractivity contribution in [2.75, 3.05) is 5.75 Å². The number of carbonyl (C=O) groups excluding carboxylic acids is 1. The summed E-state index contributed by atoms with van der Waals surface area (Å²) in [5.41, 5.74) is 4.23. The number of aromatic nitrogens is 4. The topological polar surface area (TPSA) is 60.7 Å². The number of rotatable bonds is 5. The minimum absolute atomic E-state index is 0.109. The molecular weight excluding hydrogens is 320 g/mol. The van der Waals surface area contributed by atoms with Crippen molar-refractivity contribution in [3.05, 3.63) is 53.9 Å². The molecule has 0 bridgehead atoms. The molecule has 5 nitrogen and oxygen atoms in total. The molecule has 1 aromatic carbocycles. The van der Waals surface area contributed by atoms with Crippen LogP contribution in [0.15, 0.2) is 47.9 Å². The van der Waals surface area contributed by atoms with Gasteiger partial charge in [-0.05, 0) is 44.5 Å². The van der Waals surface area contributed by atoms with Crippen LogP contribution in [0.3, 0.4) is 0 Å². The van der Waals surface area contributed by atoms with Crippen molar-refractivity contribution < 1.29 is 4.79 Å². The summed E-state index contributed by atoms with van der Waals surface area (Å²) in [6.45, 7) is 5.71. The SMILES string of the molecule is CC(=O)CSc1nnc(-c2cccnc2)n1-c1ccc(C)cc1C. The van der Waals surface area contributed by atoms with Crippen LogP contribution in [0.4, 0.5) is 0 Å². The lowest BCUT2D eigenvalue weighted by Crippen LogP contribution is -2.04. The van der Waals surface area contributed by atoms with Crippen LogP contribution < -0.4 is 0 Å². The van der Waals surface area contributed by atoms with E-state index in [1.54, 1.807) is 19.3 Å². The largest absolute Gasteiger partial charge is 0.299 e. The number of nitrogens with zero attached hydrogens (tertiary/aromatic N) is 4. The average molecular weight is 338 g/mol. The van der Waals surface area contributed by atoms with Gasteiger partial charge >= 0.3 is 0 Å². The van der Waals surface area contributed by atoms with Gasteiger partial charge in [-0.3, -0.25) is 14.3 Å². The van der Waals surface area contributed by atoms with E-state index in [0.29, 0.717) is 10.9 Å². The summed E-state index contributed by atoms with van der Waals surface area (Å²) >= 11 is 1.40. The summed E-state index contributed by atoms with van der Waals surface area (Å²) in [7, 11) is 0. The van der Waals surface area contributed by atoms with Crippen LogP contribution in [0.5, 0.6) is 0 Å². The average Bonchev–Trinajstić information content (AvgIpc) is 2.97. The number of Topliss-reactive ketones (excluding diaryl/α,β-unsaturated/α-hetero) is 1. The zero-order chi connectivity index (χ0) is 17.1. The Balaban J connectivity index is 2.15. The predicted octanol–water partition coefficient (Wildman–Crippen LogP) is 3.63. The lowest BCUT2D eigenvalue weighted by molar-refractivity contribution is -0.114. The van der Waals surface area contributed by atoms with Crippen LogP contribution in [0.1, 0.15) is 18.1 Å². The Labute approximate surface area is 145 Å². The van der Waals surface area contributed by atoms with Crippen molar-refractivity contribution in [3.63, 3.8) is 0 Å². The van der Waals surface area contributed by atoms with Gasteiger partial charge in [-0.2, -0.15) is 0 Å². The van der Waals surface area contributed by atoms with E-state index in [-0.39, 0.29) is 5.78 Å². The van der Waals surface area contributed by atoms with Crippen LogP contribution in [-0.2, 0) is 4.79 Å². The van der Waals surface area contributed by atoms with E-state index < -0.39 is 0 Å². The summed E-state index contributed by atoms with van der Waals surface area (Å²) in [6.07, 6.45) is 3.50. The normalized spacial score (nSPS) is 10.8. The molecule has 24 heavy (non-hydrogen) atoms. The van der Waals surface area contributed by atoms with Crippen molar-refractivity contribution in [1.82, 2.24) is 19.7 Å². The molecule has 122 valence electrons. The van der Waals surface area contributed by atoms with Crippen molar-refractivity contribution in [1.29, 1.82) is 0 Å². The van der Waals surface area contributed by atoms with Crippen molar-refractivity contribution >= 4 is 17.5 Å². The van der Waals surface area contributed by atoms with Gasteiger partial charge in [0.15, 0.2) is 11.0 Å². The summed E-state index contributed by atoms with van der Waals surface area (Å²) in [4.78, 5) is 15.5. The molecule has 2 heterocycles. The molecule has 3 aromatic rings. The highest BCUT2D eigenvalue weighted by molar-refractivity contribution is 7.99. The van der Waals surface area contributed by atoms with E-state index in [4.69, 9.17) is 0 Å². The quantitative estimate of drug-likeness (QED) is 0.665. The monoisotopic (exact) mass is 338 g/mol. The van der Waals surface area contributed by atoms with E-state index in [1.807, 2.05) is 16.7 Å². The highest BCUT2D eigenvalue weighted by Crippen LogP contribution is 2.29. The second-order valence-corrected chi connectivity index (χ2v) is 6.61. The lowest BCUT2D eigenvalue weighted by atomic mass is 10.1. The summed E-state index contributed by atoms with van der Waals surface area (Å²) in [5, 5.41) is 9.35. The second-order valence-electron chi connectivity index (χ2n) is 5.66. The first-order chi connectivity index (χ1) is 11.6. The third kappa shape index (κ3) is 3.38. The van der Waals surface area contributed by atoms with Crippen LogP contribution in [0.2, 0.25) is 0 Å². The van der Waals surface area contributed by atoms with Crippen molar-refractivity contribution in [2.24, 2.45) is 0 Å². The zero-order valence-electron chi connectivity index (χ0n) is 13.9. The Hall–Kier alpha value is -2.47. The smallest absolute Gasteiger partial charge is 0.196 e. The van der Waals surface area contributed by atoms with E-state index in [1.165, 1.54) is 17.3 Å². The first kappa shape index (κ1) is 16.4. The first-order valence-corrected chi connectivity index (χ1v) is 8.60. The Morgan fingerprint density at radius 3 is 2.71 bits per heavy atom. The molecule has 0 radical (unpaired) electrons. The lowest BCUT2D eigenvalue weighted by Gasteiger charge is -2.13. The molecule has 0 atom stereocenters. The predicted molar refractivity (Wildman–Crippen MR) is 95.5 cm³/mol. The second kappa shape index (κ2) is 6.97. The molecule has 6 heteroatoms. The molecule has 0 spiro atoms. The van der Waals surface area contributed by atoms with Gasteiger partial charge in [0.25, 0.3) is 0 Å². The summed E-state index contributed by atoms with van der Waals surface area (Å²) in [6, 6.07) is 10.1. The molecule has 0 aliphatic carbocycles. The molecule has 0 amide bonds. The molecule has 0 aliphatic rings.